The van der Waals surface area contributed by atoms with Gasteiger partial charge in [-0.15, -0.1) is 0 Å². The Hall–Kier alpha value is -1.92. The zero-order valence-corrected chi connectivity index (χ0v) is 13.8. The van der Waals surface area contributed by atoms with Crippen LogP contribution in [0.15, 0.2) is 22.6 Å². The molecule has 124 valence electrons. The van der Waals surface area contributed by atoms with Crippen molar-refractivity contribution in [2.45, 2.75) is 24.8 Å². The maximum Gasteiger partial charge on any atom is 0.185 e. The Labute approximate surface area is 136 Å². The van der Waals surface area contributed by atoms with Crippen molar-refractivity contribution < 1.29 is 9.21 Å². The maximum atomic E-state index is 10.8. The minimum atomic E-state index is 0.334. The largest absolute Gasteiger partial charge is 0.452 e. The second kappa shape index (κ2) is 6.29. The molecule has 0 bridgehead atoms. The van der Waals surface area contributed by atoms with E-state index in [0.717, 1.165) is 30.7 Å². The molecule has 0 amide bonds. The normalized spacial score (nSPS) is 24.2. The summed E-state index contributed by atoms with van der Waals surface area (Å²) in [5.74, 6) is 1.32. The number of fused-ring (bicyclic) bond motifs is 1. The van der Waals surface area contributed by atoms with Crippen molar-refractivity contribution in [2.75, 3.05) is 38.6 Å². The Balaban J connectivity index is 0.000000753. The van der Waals surface area contributed by atoms with Gasteiger partial charge in [0, 0.05) is 24.7 Å². The monoisotopic (exact) mass is 316 g/mol. The van der Waals surface area contributed by atoms with Crippen LogP contribution in [0.5, 0.6) is 0 Å². The number of aromatic nitrogens is 1. The zero-order valence-electron chi connectivity index (χ0n) is 13.8. The number of pyridine rings is 1. The van der Waals surface area contributed by atoms with E-state index >= 15 is 0 Å². The molecule has 23 heavy (non-hydrogen) atoms. The number of nitrogens with two attached hydrogens (primary N) is 1. The van der Waals surface area contributed by atoms with Crippen molar-refractivity contribution in [3.8, 4) is 0 Å². The van der Waals surface area contributed by atoms with E-state index in [9.17, 15) is 4.79 Å². The van der Waals surface area contributed by atoms with Crippen LogP contribution in [0.3, 0.4) is 0 Å². The number of hydrogen-bond acceptors (Lipinski definition) is 6. The number of likely N-dealkylation sites (N-methyl/N-ethyl adjacent to an activating group) is 1. The van der Waals surface area contributed by atoms with Gasteiger partial charge in [0.25, 0.3) is 0 Å². The van der Waals surface area contributed by atoms with Crippen LogP contribution in [0.25, 0.3) is 11.1 Å². The third-order valence-corrected chi connectivity index (χ3v) is 5.10. The van der Waals surface area contributed by atoms with Crippen LogP contribution in [0.1, 0.15) is 29.8 Å². The third kappa shape index (κ3) is 2.72. The predicted molar refractivity (Wildman–Crippen MR) is 90.9 cm³/mol. The number of nitrogens with zero attached hydrogens (tertiary/aromatic N) is 3. The van der Waals surface area contributed by atoms with Crippen LogP contribution in [0.2, 0.25) is 0 Å². The average Bonchev–Trinajstić information content (AvgIpc) is 3.29. The van der Waals surface area contributed by atoms with E-state index in [1.165, 1.54) is 32.9 Å². The van der Waals surface area contributed by atoms with Gasteiger partial charge in [-0.2, -0.15) is 0 Å². The fraction of sp³-hybridized carbons (Fsp3) is 0.529. The summed E-state index contributed by atoms with van der Waals surface area (Å²) in [7, 11) is 3.74. The number of anilines is 1. The van der Waals surface area contributed by atoms with E-state index in [0.29, 0.717) is 16.9 Å². The van der Waals surface area contributed by atoms with Crippen molar-refractivity contribution in [2.24, 2.45) is 5.73 Å². The van der Waals surface area contributed by atoms with Crippen LogP contribution in [0.4, 0.5) is 5.82 Å². The maximum absolute atomic E-state index is 10.8. The van der Waals surface area contributed by atoms with Crippen molar-refractivity contribution in [1.82, 2.24) is 9.88 Å². The lowest BCUT2D eigenvalue weighted by molar-refractivity contribution is 0.110. The molecule has 6 heteroatoms. The number of aldehydes is 1. The molecule has 0 saturated carbocycles. The van der Waals surface area contributed by atoms with Gasteiger partial charge in [-0.3, -0.25) is 9.69 Å². The molecule has 2 aromatic rings. The van der Waals surface area contributed by atoms with Gasteiger partial charge < -0.3 is 15.1 Å². The van der Waals surface area contributed by atoms with Crippen LogP contribution in [-0.2, 0) is 0 Å². The standard InChI is InChI=1S/C16H19N3O2.CH5N/c1-18-7-2-5-16(18)6-8-19(11-16)15-4-3-14-13(17-15)9-12(10-20)21-14;1-2/h3-4,9-10H,2,5-8,11H2,1H3;2H2,1H3. The lowest BCUT2D eigenvalue weighted by Gasteiger charge is -2.32. The fourth-order valence-electron chi connectivity index (χ4n) is 3.81. The summed E-state index contributed by atoms with van der Waals surface area (Å²) in [6.07, 6.45) is 4.50. The molecule has 2 N–H and O–H groups in total. The molecule has 2 aromatic heterocycles. The highest BCUT2D eigenvalue weighted by Crippen LogP contribution is 2.38. The molecule has 0 aliphatic carbocycles. The third-order valence-electron chi connectivity index (χ3n) is 5.10. The van der Waals surface area contributed by atoms with Crippen LogP contribution < -0.4 is 10.6 Å². The summed E-state index contributed by atoms with van der Waals surface area (Å²) in [6.45, 7) is 3.28. The molecule has 1 atom stereocenters. The van der Waals surface area contributed by atoms with E-state index in [-0.39, 0.29) is 0 Å². The lowest BCUT2D eigenvalue weighted by Crippen LogP contribution is -2.43. The predicted octanol–water partition coefficient (Wildman–Crippen LogP) is 1.89. The first-order valence-electron chi connectivity index (χ1n) is 8.10. The van der Waals surface area contributed by atoms with E-state index < -0.39 is 0 Å². The van der Waals surface area contributed by atoms with Gasteiger partial charge in [0.05, 0.1) is 0 Å². The van der Waals surface area contributed by atoms with Crippen molar-refractivity contribution in [1.29, 1.82) is 0 Å². The van der Waals surface area contributed by atoms with Crippen LogP contribution in [0, 0.1) is 0 Å². The van der Waals surface area contributed by atoms with E-state index in [1.54, 1.807) is 6.07 Å². The lowest BCUT2D eigenvalue weighted by atomic mass is 9.96. The van der Waals surface area contributed by atoms with Gasteiger partial charge in [-0.25, -0.2) is 4.98 Å². The van der Waals surface area contributed by atoms with Crippen molar-refractivity contribution in [3.63, 3.8) is 0 Å². The highest BCUT2D eigenvalue weighted by molar-refractivity contribution is 5.83. The number of rotatable bonds is 2. The van der Waals surface area contributed by atoms with Gasteiger partial charge in [0.15, 0.2) is 17.6 Å². The summed E-state index contributed by atoms with van der Waals surface area (Å²) in [4.78, 5) is 20.3. The molecular weight excluding hydrogens is 292 g/mol. The molecule has 2 aliphatic heterocycles. The van der Waals surface area contributed by atoms with Gasteiger partial charge >= 0.3 is 0 Å². The average molecular weight is 316 g/mol. The molecular formula is C17H24N4O2. The van der Waals surface area contributed by atoms with Gasteiger partial charge in [0.2, 0.25) is 0 Å². The first-order chi connectivity index (χ1) is 11.2. The fourth-order valence-corrected chi connectivity index (χ4v) is 3.81. The van der Waals surface area contributed by atoms with Gasteiger partial charge in [0.1, 0.15) is 11.3 Å². The number of hydrogen-bond donors (Lipinski definition) is 1. The minimum Gasteiger partial charge on any atom is -0.452 e. The Morgan fingerprint density at radius 1 is 1.30 bits per heavy atom. The molecule has 0 aromatic carbocycles. The number of carbonyl (C=O) groups is 1. The second-order valence-corrected chi connectivity index (χ2v) is 6.24. The Bertz CT molecular complexity index is 699. The molecule has 2 fully saturated rings. The molecule has 4 rings (SSSR count). The first-order valence-corrected chi connectivity index (χ1v) is 8.10. The van der Waals surface area contributed by atoms with E-state index in [2.05, 4.69) is 27.6 Å². The molecule has 1 spiro atoms. The van der Waals surface area contributed by atoms with E-state index in [1.807, 2.05) is 12.1 Å². The Morgan fingerprint density at radius 3 is 2.83 bits per heavy atom. The quantitative estimate of drug-likeness (QED) is 0.853. The SMILES string of the molecule is CN.CN1CCCC12CCN(c1ccc3oc(C=O)cc3n1)C2. The molecule has 0 radical (unpaired) electrons. The summed E-state index contributed by atoms with van der Waals surface area (Å²) < 4.78 is 5.39. The number of furan rings is 1. The molecule has 2 aliphatic rings. The smallest absolute Gasteiger partial charge is 0.185 e. The van der Waals surface area contributed by atoms with E-state index in [4.69, 9.17) is 4.42 Å². The summed E-state index contributed by atoms with van der Waals surface area (Å²) in [5.41, 5.74) is 6.27. The number of likely N-dealkylation sites (tertiary alicyclic amines) is 1. The molecule has 2 saturated heterocycles. The Kier molecular flexibility index (Phi) is 4.37. The highest BCUT2D eigenvalue weighted by Gasteiger charge is 2.44. The van der Waals surface area contributed by atoms with Gasteiger partial charge in [-0.1, -0.05) is 0 Å². The molecule has 6 nitrogen and oxygen atoms in total. The highest BCUT2D eigenvalue weighted by atomic mass is 16.3. The van der Waals surface area contributed by atoms with Crippen LogP contribution in [-0.4, -0.2) is 55.4 Å². The van der Waals surface area contributed by atoms with Crippen molar-refractivity contribution in [3.05, 3.63) is 24.0 Å². The van der Waals surface area contributed by atoms with Crippen LogP contribution >= 0.6 is 0 Å². The molecule has 4 heterocycles. The molecule has 1 unspecified atom stereocenters. The summed E-state index contributed by atoms with van der Waals surface area (Å²) in [6, 6.07) is 5.61. The summed E-state index contributed by atoms with van der Waals surface area (Å²) >= 11 is 0. The zero-order chi connectivity index (χ0) is 16.4. The topological polar surface area (TPSA) is 75.6 Å². The summed E-state index contributed by atoms with van der Waals surface area (Å²) in [5, 5.41) is 0. The number of carbonyl (C=O) groups excluding carboxylic acids is 1. The minimum absolute atomic E-state index is 0.334. The second-order valence-electron chi connectivity index (χ2n) is 6.24. The van der Waals surface area contributed by atoms with Crippen molar-refractivity contribution >= 4 is 23.2 Å². The first kappa shape index (κ1) is 16.0. The van der Waals surface area contributed by atoms with Gasteiger partial charge in [-0.05, 0) is 52.0 Å². The Morgan fingerprint density at radius 2 is 2.13 bits per heavy atom.